The van der Waals surface area contributed by atoms with Gasteiger partial charge >= 0.3 is 0 Å². The van der Waals surface area contributed by atoms with Crippen LogP contribution in [-0.4, -0.2) is 5.11 Å². The average molecular weight is 322 g/mol. The van der Waals surface area contributed by atoms with Crippen LogP contribution in [0.3, 0.4) is 0 Å². The molecule has 1 N–H and O–H groups in total. The van der Waals surface area contributed by atoms with E-state index in [1.54, 1.807) is 11.3 Å². The van der Waals surface area contributed by atoms with Crippen LogP contribution in [0.1, 0.15) is 5.56 Å². The molecule has 1 heterocycles. The summed E-state index contributed by atoms with van der Waals surface area (Å²) in [6, 6.07) is 5.96. The Hall–Kier alpha value is 0.220. The molecule has 0 aliphatic heterocycles. The first-order valence-electron chi connectivity index (χ1n) is 3.73. The molecule has 0 fully saturated rings. The Morgan fingerprint density at radius 2 is 2.23 bits per heavy atom. The molecule has 0 unspecified atom stereocenters. The summed E-state index contributed by atoms with van der Waals surface area (Å²) in [5, 5.41) is 10.2. The second-order valence-corrected chi connectivity index (χ2v) is 5.98. The molecule has 1 nitrogen and oxygen atoms in total. The van der Waals surface area contributed by atoms with Gasteiger partial charge in [-0.1, -0.05) is 12.1 Å². The Balaban J connectivity index is 2.87. The third-order valence-corrected chi connectivity index (χ3v) is 5.07. The third kappa shape index (κ3) is 1.60. The van der Waals surface area contributed by atoms with Crippen LogP contribution in [0.4, 0.5) is 0 Å². The van der Waals surface area contributed by atoms with Gasteiger partial charge in [-0.05, 0) is 34.2 Å². The number of hydrogen-bond acceptors (Lipinski definition) is 3. The molecule has 0 saturated heterocycles. The molecule has 1 aromatic heterocycles. The molecule has 2 rings (SSSR count). The number of thiol groups is 1. The zero-order valence-electron chi connectivity index (χ0n) is 6.62. The molecule has 0 saturated carbocycles. The fourth-order valence-electron chi connectivity index (χ4n) is 1.31. The van der Waals surface area contributed by atoms with Crippen molar-refractivity contribution >= 4 is 56.6 Å². The molecule has 0 atom stereocenters. The van der Waals surface area contributed by atoms with Crippen molar-refractivity contribution in [3.63, 3.8) is 0 Å². The summed E-state index contributed by atoms with van der Waals surface area (Å²) in [7, 11) is 0. The Morgan fingerprint density at radius 3 is 2.92 bits per heavy atom. The maximum Gasteiger partial charge on any atom is 0.0799 e. The maximum absolute atomic E-state index is 9.14. The summed E-state index contributed by atoms with van der Waals surface area (Å²) < 4.78 is 2.37. The maximum atomic E-state index is 9.14. The van der Waals surface area contributed by atoms with E-state index in [-0.39, 0.29) is 6.61 Å². The fraction of sp³-hybridized carbons (Fsp3) is 0.111. The summed E-state index contributed by atoms with van der Waals surface area (Å²) in [4.78, 5) is 0.991. The molecular weight excluding hydrogens is 315 g/mol. The van der Waals surface area contributed by atoms with Gasteiger partial charge in [0.15, 0.2) is 0 Å². The molecule has 13 heavy (non-hydrogen) atoms. The number of benzene rings is 1. The van der Waals surface area contributed by atoms with Gasteiger partial charge in [-0.2, -0.15) is 0 Å². The van der Waals surface area contributed by atoms with Gasteiger partial charge in [-0.25, -0.2) is 0 Å². The van der Waals surface area contributed by atoms with Crippen LogP contribution >= 0.6 is 46.6 Å². The molecule has 0 amide bonds. The van der Waals surface area contributed by atoms with E-state index in [1.807, 2.05) is 12.1 Å². The van der Waals surface area contributed by atoms with E-state index in [9.17, 15) is 0 Å². The highest BCUT2D eigenvalue weighted by molar-refractivity contribution is 14.1. The summed E-state index contributed by atoms with van der Waals surface area (Å²) in [5.41, 5.74) is 0.960. The molecular formula is C9H7IOS2. The topological polar surface area (TPSA) is 20.2 Å². The second-order valence-electron chi connectivity index (χ2n) is 2.67. The van der Waals surface area contributed by atoms with Gasteiger partial charge in [-0.15, -0.1) is 24.0 Å². The van der Waals surface area contributed by atoms with Gasteiger partial charge in [0.05, 0.1) is 9.49 Å². The molecule has 1 aromatic carbocycles. The molecule has 0 aliphatic rings. The van der Waals surface area contributed by atoms with Crippen molar-refractivity contribution in [2.75, 3.05) is 0 Å². The van der Waals surface area contributed by atoms with E-state index < -0.39 is 0 Å². The molecule has 68 valence electrons. The Labute approximate surface area is 99.3 Å². The van der Waals surface area contributed by atoms with Crippen LogP contribution in [0.5, 0.6) is 0 Å². The third-order valence-electron chi connectivity index (χ3n) is 1.91. The van der Waals surface area contributed by atoms with Gasteiger partial charge in [0.25, 0.3) is 0 Å². The van der Waals surface area contributed by atoms with Gasteiger partial charge in [0, 0.05) is 15.0 Å². The Kier molecular flexibility index (Phi) is 2.83. The molecule has 2 aromatic rings. The first-order valence-corrected chi connectivity index (χ1v) is 6.08. The quantitative estimate of drug-likeness (QED) is 0.610. The second kappa shape index (κ2) is 3.76. The number of halogens is 1. The highest BCUT2D eigenvalue weighted by atomic mass is 127. The highest BCUT2D eigenvalue weighted by Gasteiger charge is 2.09. The molecule has 0 aliphatic carbocycles. The smallest absolute Gasteiger partial charge is 0.0799 e. The minimum Gasteiger partial charge on any atom is -0.392 e. The molecule has 4 heteroatoms. The number of thiophene rings is 1. The van der Waals surface area contributed by atoms with E-state index in [0.717, 1.165) is 15.8 Å². The van der Waals surface area contributed by atoms with Crippen LogP contribution in [0.2, 0.25) is 0 Å². The van der Waals surface area contributed by atoms with Gasteiger partial charge in [-0.3, -0.25) is 0 Å². The SMILES string of the molecule is OCc1cccc2sc(I)c(S)c12. The Morgan fingerprint density at radius 1 is 1.46 bits per heavy atom. The fourth-order valence-corrected chi connectivity index (χ4v) is 3.64. The van der Waals surface area contributed by atoms with Gasteiger partial charge in [0.2, 0.25) is 0 Å². The van der Waals surface area contributed by atoms with Crippen molar-refractivity contribution in [1.29, 1.82) is 0 Å². The summed E-state index contributed by atoms with van der Waals surface area (Å²) in [6.45, 7) is 0.0811. The van der Waals surface area contributed by atoms with Crippen LogP contribution < -0.4 is 0 Å². The van der Waals surface area contributed by atoms with E-state index in [2.05, 4.69) is 41.3 Å². The van der Waals surface area contributed by atoms with Crippen molar-refractivity contribution in [1.82, 2.24) is 0 Å². The lowest BCUT2D eigenvalue weighted by Crippen LogP contribution is -1.82. The van der Waals surface area contributed by atoms with Crippen molar-refractivity contribution in [2.45, 2.75) is 11.5 Å². The number of aliphatic hydroxyl groups excluding tert-OH is 1. The first kappa shape index (κ1) is 9.76. The minimum atomic E-state index is 0.0811. The molecule has 0 spiro atoms. The van der Waals surface area contributed by atoms with E-state index >= 15 is 0 Å². The van der Waals surface area contributed by atoms with Crippen molar-refractivity contribution in [3.05, 3.63) is 26.6 Å². The number of aliphatic hydroxyl groups is 1. The number of hydrogen-bond donors (Lipinski definition) is 2. The largest absolute Gasteiger partial charge is 0.392 e. The lowest BCUT2D eigenvalue weighted by molar-refractivity contribution is 0.283. The van der Waals surface area contributed by atoms with Gasteiger partial charge in [0.1, 0.15) is 0 Å². The van der Waals surface area contributed by atoms with E-state index in [0.29, 0.717) is 0 Å². The normalized spacial score (nSPS) is 11.0. The van der Waals surface area contributed by atoms with Crippen molar-refractivity contribution in [3.8, 4) is 0 Å². The molecule has 0 bridgehead atoms. The summed E-state index contributed by atoms with van der Waals surface area (Å²) in [5.74, 6) is 0. The first-order chi connectivity index (χ1) is 6.24. The van der Waals surface area contributed by atoms with E-state index in [1.165, 1.54) is 7.58 Å². The average Bonchev–Trinajstić information content (AvgIpc) is 2.43. The zero-order valence-corrected chi connectivity index (χ0v) is 10.5. The predicted octanol–water partition coefficient (Wildman–Crippen LogP) is 3.29. The predicted molar refractivity (Wildman–Crippen MR) is 67.7 cm³/mol. The standard InChI is InChI=1S/C9H7IOS2/c10-9-8(12)7-5(4-11)2-1-3-6(7)13-9/h1-3,11-12H,4H2. The molecule has 0 radical (unpaired) electrons. The summed E-state index contributed by atoms with van der Waals surface area (Å²) >= 11 is 8.41. The monoisotopic (exact) mass is 322 g/mol. The van der Waals surface area contributed by atoms with Crippen molar-refractivity contribution < 1.29 is 5.11 Å². The lowest BCUT2D eigenvalue weighted by atomic mass is 10.1. The van der Waals surface area contributed by atoms with Crippen LogP contribution in [0.15, 0.2) is 23.1 Å². The van der Waals surface area contributed by atoms with Crippen molar-refractivity contribution in [2.24, 2.45) is 0 Å². The van der Waals surface area contributed by atoms with Crippen LogP contribution in [0, 0.1) is 2.88 Å². The number of fused-ring (bicyclic) bond motifs is 1. The zero-order chi connectivity index (χ0) is 9.42. The van der Waals surface area contributed by atoms with Crippen LogP contribution in [-0.2, 0) is 6.61 Å². The number of rotatable bonds is 1. The van der Waals surface area contributed by atoms with Gasteiger partial charge < -0.3 is 5.11 Å². The highest BCUT2D eigenvalue weighted by Crippen LogP contribution is 2.36. The lowest BCUT2D eigenvalue weighted by Gasteiger charge is -1.98. The Bertz CT molecular complexity index is 450. The summed E-state index contributed by atoms with van der Waals surface area (Å²) in [6.07, 6.45) is 0. The van der Waals surface area contributed by atoms with E-state index in [4.69, 9.17) is 5.11 Å². The van der Waals surface area contributed by atoms with Crippen LogP contribution in [0.25, 0.3) is 10.1 Å². The minimum absolute atomic E-state index is 0.0811.